The van der Waals surface area contributed by atoms with Crippen LogP contribution in [0.1, 0.15) is 17.4 Å². The van der Waals surface area contributed by atoms with Crippen LogP contribution in [-0.4, -0.2) is 44.7 Å². The molecule has 8 heteroatoms. The van der Waals surface area contributed by atoms with Crippen molar-refractivity contribution < 1.29 is 23.6 Å². The molecule has 0 radical (unpaired) electrons. The summed E-state index contributed by atoms with van der Waals surface area (Å²) in [6.45, 7) is 3.47. The Hall–Kier alpha value is -2.35. The number of hydrogen-bond donors (Lipinski definition) is 3. The molecule has 1 fully saturated rings. The van der Waals surface area contributed by atoms with E-state index in [9.17, 15) is 9.59 Å². The number of rotatable bonds is 6. The van der Waals surface area contributed by atoms with Crippen LogP contribution in [0, 0.1) is 0 Å². The van der Waals surface area contributed by atoms with E-state index in [1.807, 2.05) is 24.3 Å². The lowest BCUT2D eigenvalue weighted by atomic mass is 10.1. The van der Waals surface area contributed by atoms with Gasteiger partial charge < -0.3 is 24.7 Å². The highest BCUT2D eigenvalue weighted by Crippen LogP contribution is 2.14. The van der Waals surface area contributed by atoms with Crippen molar-refractivity contribution >= 4 is 23.4 Å². The number of carbonyl (C=O) groups is 2. The van der Waals surface area contributed by atoms with Crippen molar-refractivity contribution in [2.45, 2.75) is 12.6 Å². The summed E-state index contributed by atoms with van der Waals surface area (Å²) in [7, 11) is 0. The third-order valence-electron chi connectivity index (χ3n) is 4.58. The van der Waals surface area contributed by atoms with E-state index in [-0.39, 0.29) is 12.6 Å². The van der Waals surface area contributed by atoms with E-state index in [0.717, 1.165) is 24.4 Å². The summed E-state index contributed by atoms with van der Waals surface area (Å²) < 4.78 is 10.9. The van der Waals surface area contributed by atoms with Crippen molar-refractivity contribution in [2.24, 2.45) is 0 Å². The van der Waals surface area contributed by atoms with Crippen LogP contribution in [0.4, 0.5) is 0 Å². The summed E-state index contributed by atoms with van der Waals surface area (Å²) >= 11 is 6.06. The van der Waals surface area contributed by atoms with Gasteiger partial charge in [0.2, 0.25) is 0 Å². The minimum absolute atomic E-state index is 0.0655. The molecule has 3 rings (SSSR count). The lowest BCUT2D eigenvalue weighted by Crippen LogP contribution is -3.15. The SMILES string of the molecule is O=C(NCc1ccccc1Cl)C(=O)NC[C@H](c1ccco1)[NH+]1CCOCC1. The molecule has 1 atom stereocenters. The molecule has 3 N–H and O–H groups in total. The second kappa shape index (κ2) is 9.55. The minimum Gasteiger partial charge on any atom is -0.463 e. The smallest absolute Gasteiger partial charge is 0.309 e. The van der Waals surface area contributed by atoms with E-state index >= 15 is 0 Å². The van der Waals surface area contributed by atoms with Gasteiger partial charge in [-0.15, -0.1) is 0 Å². The van der Waals surface area contributed by atoms with E-state index in [2.05, 4.69) is 10.6 Å². The molecule has 1 aliphatic rings. The molecule has 2 amide bonds. The third kappa shape index (κ3) is 5.32. The molecule has 1 aliphatic heterocycles. The molecule has 0 spiro atoms. The van der Waals surface area contributed by atoms with Gasteiger partial charge >= 0.3 is 11.8 Å². The van der Waals surface area contributed by atoms with Gasteiger partial charge in [0, 0.05) is 11.6 Å². The largest absolute Gasteiger partial charge is 0.463 e. The van der Waals surface area contributed by atoms with E-state index in [1.54, 1.807) is 18.4 Å². The van der Waals surface area contributed by atoms with Gasteiger partial charge in [-0.2, -0.15) is 0 Å². The second-order valence-corrected chi connectivity index (χ2v) is 6.73. The number of nitrogens with one attached hydrogen (secondary N) is 3. The number of quaternary nitrogens is 1. The first-order valence-electron chi connectivity index (χ1n) is 8.90. The number of carbonyl (C=O) groups excluding carboxylic acids is 2. The van der Waals surface area contributed by atoms with Crippen molar-refractivity contribution in [3.8, 4) is 0 Å². The molecule has 2 aromatic rings. The first-order chi connectivity index (χ1) is 13.1. The minimum atomic E-state index is -0.690. The number of ether oxygens (including phenoxy) is 1. The second-order valence-electron chi connectivity index (χ2n) is 6.32. The molecular weight excluding hydrogens is 370 g/mol. The molecule has 1 saturated heterocycles. The molecule has 7 nitrogen and oxygen atoms in total. The van der Waals surface area contributed by atoms with Crippen LogP contribution in [0.25, 0.3) is 0 Å². The highest BCUT2D eigenvalue weighted by molar-refractivity contribution is 6.35. The predicted molar refractivity (Wildman–Crippen MR) is 99.3 cm³/mol. The summed E-state index contributed by atoms with van der Waals surface area (Å²) in [5.41, 5.74) is 0.756. The van der Waals surface area contributed by atoms with E-state index < -0.39 is 11.8 Å². The van der Waals surface area contributed by atoms with Gasteiger partial charge in [0.25, 0.3) is 0 Å². The third-order valence-corrected chi connectivity index (χ3v) is 4.95. The molecule has 0 bridgehead atoms. The standard InChI is InChI=1S/C19H22ClN3O4/c20-15-5-2-1-4-14(15)12-21-18(24)19(25)22-13-16(17-6-3-9-27-17)23-7-10-26-11-8-23/h1-6,9,16H,7-8,10-13H2,(H,21,24)(H,22,25)/p+1/t16-/m1/s1. The first-order valence-corrected chi connectivity index (χ1v) is 9.28. The fraction of sp³-hybridized carbons (Fsp3) is 0.368. The first kappa shape index (κ1) is 19.4. The molecule has 1 aromatic heterocycles. The van der Waals surface area contributed by atoms with Gasteiger partial charge in [-0.05, 0) is 23.8 Å². The van der Waals surface area contributed by atoms with E-state index in [0.29, 0.717) is 24.8 Å². The van der Waals surface area contributed by atoms with Gasteiger partial charge in [0.15, 0.2) is 11.8 Å². The zero-order valence-corrected chi connectivity index (χ0v) is 15.6. The van der Waals surface area contributed by atoms with Crippen LogP contribution in [0.2, 0.25) is 5.02 Å². The topological polar surface area (TPSA) is 85.0 Å². The number of benzene rings is 1. The summed E-state index contributed by atoms with van der Waals surface area (Å²) in [6, 6.07) is 10.8. The number of furan rings is 1. The van der Waals surface area contributed by atoms with Gasteiger partial charge in [-0.25, -0.2) is 0 Å². The number of morpholine rings is 1. The Bertz CT molecular complexity index is 760. The Labute approximate surface area is 162 Å². The highest BCUT2D eigenvalue weighted by Gasteiger charge is 2.29. The maximum absolute atomic E-state index is 12.2. The van der Waals surface area contributed by atoms with Crippen LogP contribution in [0.3, 0.4) is 0 Å². The van der Waals surface area contributed by atoms with Crippen LogP contribution in [-0.2, 0) is 20.9 Å². The lowest BCUT2D eigenvalue weighted by molar-refractivity contribution is -0.938. The summed E-state index contributed by atoms with van der Waals surface area (Å²) in [5.74, 6) is -0.583. The van der Waals surface area contributed by atoms with Crippen LogP contribution in [0.15, 0.2) is 47.1 Å². The fourth-order valence-electron chi connectivity index (χ4n) is 3.09. The van der Waals surface area contributed by atoms with Gasteiger partial charge in [0.1, 0.15) is 13.1 Å². The quantitative estimate of drug-likeness (QED) is 0.618. The van der Waals surface area contributed by atoms with Crippen LogP contribution >= 0.6 is 11.6 Å². The maximum Gasteiger partial charge on any atom is 0.309 e. The van der Waals surface area contributed by atoms with E-state index in [4.69, 9.17) is 20.8 Å². The maximum atomic E-state index is 12.2. The summed E-state index contributed by atoms with van der Waals surface area (Å²) in [6.07, 6.45) is 1.61. The summed E-state index contributed by atoms with van der Waals surface area (Å²) in [4.78, 5) is 25.5. The number of amides is 2. The Morgan fingerprint density at radius 3 is 2.52 bits per heavy atom. The fourth-order valence-corrected chi connectivity index (χ4v) is 3.29. The monoisotopic (exact) mass is 392 g/mol. The van der Waals surface area contributed by atoms with Crippen molar-refractivity contribution in [2.75, 3.05) is 32.8 Å². The summed E-state index contributed by atoms with van der Waals surface area (Å²) in [5, 5.41) is 5.85. The molecule has 144 valence electrons. The van der Waals surface area contributed by atoms with Gasteiger partial charge in [-0.3, -0.25) is 9.59 Å². The molecule has 0 unspecified atom stereocenters. The molecule has 0 saturated carbocycles. The van der Waals surface area contributed by atoms with Crippen LogP contribution < -0.4 is 15.5 Å². The zero-order valence-electron chi connectivity index (χ0n) is 14.9. The predicted octanol–water partition coefficient (Wildman–Crippen LogP) is 0.322. The van der Waals surface area contributed by atoms with Crippen molar-refractivity contribution in [1.82, 2.24) is 10.6 Å². The van der Waals surface area contributed by atoms with Crippen molar-refractivity contribution in [3.05, 3.63) is 59.0 Å². The lowest BCUT2D eigenvalue weighted by Gasteiger charge is -2.30. The molecule has 0 aliphatic carbocycles. The van der Waals surface area contributed by atoms with Crippen molar-refractivity contribution in [1.29, 1.82) is 0 Å². The molecule has 27 heavy (non-hydrogen) atoms. The highest BCUT2D eigenvalue weighted by atomic mass is 35.5. The molecular formula is C19H23ClN3O4+. The molecule has 2 heterocycles. The molecule has 1 aromatic carbocycles. The van der Waals surface area contributed by atoms with E-state index in [1.165, 1.54) is 4.90 Å². The van der Waals surface area contributed by atoms with Gasteiger partial charge in [-0.1, -0.05) is 29.8 Å². The number of halogens is 1. The van der Waals surface area contributed by atoms with Crippen LogP contribution in [0.5, 0.6) is 0 Å². The van der Waals surface area contributed by atoms with Crippen molar-refractivity contribution in [3.63, 3.8) is 0 Å². The Kier molecular flexibility index (Phi) is 6.86. The number of hydrogen-bond acceptors (Lipinski definition) is 4. The Balaban J connectivity index is 1.53. The zero-order chi connectivity index (χ0) is 19.1. The van der Waals surface area contributed by atoms with Gasteiger partial charge in [0.05, 0.1) is 26.0 Å². The average molecular weight is 393 g/mol. The average Bonchev–Trinajstić information content (AvgIpc) is 3.22. The normalized spacial score (nSPS) is 15.9. The Morgan fingerprint density at radius 2 is 1.81 bits per heavy atom. The Morgan fingerprint density at radius 1 is 1.07 bits per heavy atom.